The molecule has 0 radical (unpaired) electrons. The van der Waals surface area contributed by atoms with Crippen molar-refractivity contribution in [3.8, 4) is 0 Å². The summed E-state index contributed by atoms with van der Waals surface area (Å²) < 4.78 is 1.01. The Morgan fingerprint density at radius 3 is 2.95 bits per heavy atom. The molecule has 1 aromatic carbocycles. The minimum atomic E-state index is -0.0486. The van der Waals surface area contributed by atoms with E-state index in [0.717, 1.165) is 39.4 Å². The van der Waals surface area contributed by atoms with Crippen LogP contribution in [0.4, 0.5) is 5.69 Å². The third-order valence-corrected chi connectivity index (χ3v) is 5.57. The summed E-state index contributed by atoms with van der Waals surface area (Å²) in [5.41, 5.74) is 4.60. The molecule has 2 N–H and O–H groups in total. The Kier molecular flexibility index (Phi) is 3.92. The van der Waals surface area contributed by atoms with Gasteiger partial charge in [0.1, 0.15) is 0 Å². The minimum Gasteiger partial charge on any atom is -0.321 e. The second kappa shape index (κ2) is 5.68. The van der Waals surface area contributed by atoms with Gasteiger partial charge >= 0.3 is 0 Å². The molecule has 0 aliphatic carbocycles. The van der Waals surface area contributed by atoms with Gasteiger partial charge in [0, 0.05) is 12.2 Å². The number of rotatable bonds is 2. The lowest BCUT2D eigenvalue weighted by molar-refractivity contribution is 0.103. The zero-order valence-electron chi connectivity index (χ0n) is 11.1. The van der Waals surface area contributed by atoms with Gasteiger partial charge in [0.15, 0.2) is 0 Å². The first-order valence-electron chi connectivity index (χ1n) is 6.53. The first kappa shape index (κ1) is 13.8. The second-order valence-electron chi connectivity index (χ2n) is 4.93. The molecule has 104 valence electrons. The lowest BCUT2D eigenvalue weighted by atomic mass is 10.0. The molecular formula is C15H15BrN2OS. The van der Waals surface area contributed by atoms with Crippen LogP contribution in [0.5, 0.6) is 0 Å². The largest absolute Gasteiger partial charge is 0.321 e. The molecule has 1 aliphatic rings. The van der Waals surface area contributed by atoms with Gasteiger partial charge in [0.05, 0.1) is 8.66 Å². The summed E-state index contributed by atoms with van der Waals surface area (Å²) >= 11 is 4.91. The molecule has 0 bridgehead atoms. The second-order valence-corrected chi connectivity index (χ2v) is 7.30. The van der Waals surface area contributed by atoms with Crippen molar-refractivity contribution in [1.82, 2.24) is 5.32 Å². The molecule has 1 aromatic heterocycles. The molecule has 0 saturated carbocycles. The molecule has 2 heterocycles. The molecular weight excluding hydrogens is 336 g/mol. The number of carbonyl (C=O) groups is 1. The van der Waals surface area contributed by atoms with Crippen molar-refractivity contribution in [3.63, 3.8) is 0 Å². The summed E-state index contributed by atoms with van der Waals surface area (Å²) in [6, 6.07) is 8.07. The van der Waals surface area contributed by atoms with Crippen molar-refractivity contribution in [3.05, 3.63) is 49.6 Å². The van der Waals surface area contributed by atoms with E-state index in [9.17, 15) is 4.79 Å². The number of fused-ring (bicyclic) bond motifs is 1. The molecule has 1 amide bonds. The summed E-state index contributed by atoms with van der Waals surface area (Å²) in [7, 11) is 0. The van der Waals surface area contributed by atoms with E-state index in [2.05, 4.69) is 38.7 Å². The molecule has 0 fully saturated rings. The van der Waals surface area contributed by atoms with Gasteiger partial charge in [0.2, 0.25) is 0 Å². The van der Waals surface area contributed by atoms with E-state index in [1.807, 2.05) is 19.1 Å². The highest BCUT2D eigenvalue weighted by atomic mass is 79.9. The highest BCUT2D eigenvalue weighted by molar-refractivity contribution is 9.11. The molecule has 0 saturated heterocycles. The van der Waals surface area contributed by atoms with Gasteiger partial charge in [-0.25, -0.2) is 0 Å². The van der Waals surface area contributed by atoms with Crippen LogP contribution in [0.15, 0.2) is 28.1 Å². The molecule has 0 unspecified atom stereocenters. The fourth-order valence-corrected chi connectivity index (χ4v) is 3.75. The van der Waals surface area contributed by atoms with E-state index < -0.39 is 0 Å². The van der Waals surface area contributed by atoms with Gasteiger partial charge in [0.25, 0.3) is 5.91 Å². The number of nitrogens with one attached hydrogen (secondary N) is 2. The van der Waals surface area contributed by atoms with E-state index in [4.69, 9.17) is 0 Å². The standard InChI is InChI=1S/C15H15BrN2OS/c1-9-6-13(20-14(9)16)15(19)18-12-3-2-10-4-5-17-8-11(10)7-12/h2-3,6-7,17H,4-5,8H2,1H3,(H,18,19). The van der Waals surface area contributed by atoms with Crippen molar-refractivity contribution in [2.75, 3.05) is 11.9 Å². The number of anilines is 1. The van der Waals surface area contributed by atoms with Crippen LogP contribution in [0, 0.1) is 6.92 Å². The molecule has 1 aliphatic heterocycles. The van der Waals surface area contributed by atoms with E-state index in [-0.39, 0.29) is 5.91 Å². The molecule has 3 rings (SSSR count). The van der Waals surface area contributed by atoms with E-state index in [1.165, 1.54) is 22.5 Å². The number of carbonyl (C=O) groups excluding carboxylic acids is 1. The molecule has 20 heavy (non-hydrogen) atoms. The van der Waals surface area contributed by atoms with Crippen molar-refractivity contribution in [1.29, 1.82) is 0 Å². The van der Waals surface area contributed by atoms with Gasteiger partial charge in [-0.1, -0.05) is 6.07 Å². The van der Waals surface area contributed by atoms with E-state index in [1.54, 1.807) is 0 Å². The van der Waals surface area contributed by atoms with Gasteiger partial charge in [-0.2, -0.15) is 0 Å². The Morgan fingerprint density at radius 2 is 2.20 bits per heavy atom. The molecule has 5 heteroatoms. The maximum atomic E-state index is 12.2. The highest BCUT2D eigenvalue weighted by Gasteiger charge is 2.13. The van der Waals surface area contributed by atoms with Crippen molar-refractivity contribution < 1.29 is 4.79 Å². The van der Waals surface area contributed by atoms with Gasteiger partial charge in [-0.3, -0.25) is 4.79 Å². The molecule has 0 spiro atoms. The van der Waals surface area contributed by atoms with Crippen LogP contribution in [-0.4, -0.2) is 12.5 Å². The predicted molar refractivity (Wildman–Crippen MR) is 86.6 cm³/mol. The van der Waals surface area contributed by atoms with Crippen LogP contribution in [0.25, 0.3) is 0 Å². The zero-order chi connectivity index (χ0) is 14.1. The monoisotopic (exact) mass is 350 g/mol. The van der Waals surface area contributed by atoms with Crippen LogP contribution < -0.4 is 10.6 Å². The van der Waals surface area contributed by atoms with Gasteiger partial charge in [-0.05, 0) is 70.7 Å². The normalized spacial score (nSPS) is 13.9. The highest BCUT2D eigenvalue weighted by Crippen LogP contribution is 2.28. The molecule has 3 nitrogen and oxygen atoms in total. The van der Waals surface area contributed by atoms with Crippen molar-refractivity contribution in [2.24, 2.45) is 0 Å². The van der Waals surface area contributed by atoms with Crippen molar-refractivity contribution >= 4 is 38.9 Å². The average molecular weight is 351 g/mol. The van der Waals surface area contributed by atoms with Crippen molar-refractivity contribution in [2.45, 2.75) is 19.9 Å². The number of thiophene rings is 1. The lowest BCUT2D eigenvalue weighted by Crippen LogP contribution is -2.23. The van der Waals surface area contributed by atoms with Crippen LogP contribution in [0.2, 0.25) is 0 Å². The number of hydrogen-bond donors (Lipinski definition) is 2. The van der Waals surface area contributed by atoms with Crippen LogP contribution in [-0.2, 0) is 13.0 Å². The third-order valence-electron chi connectivity index (χ3n) is 3.43. The summed E-state index contributed by atoms with van der Waals surface area (Å²) in [5.74, 6) is -0.0486. The smallest absolute Gasteiger partial charge is 0.265 e. The van der Waals surface area contributed by atoms with Gasteiger partial charge in [-0.15, -0.1) is 11.3 Å². The van der Waals surface area contributed by atoms with E-state index >= 15 is 0 Å². The van der Waals surface area contributed by atoms with Crippen LogP contribution >= 0.6 is 27.3 Å². The number of hydrogen-bond acceptors (Lipinski definition) is 3. The predicted octanol–water partition coefficient (Wildman–Crippen LogP) is 3.72. The summed E-state index contributed by atoms with van der Waals surface area (Å²) in [5, 5.41) is 6.32. The Bertz CT molecular complexity index is 646. The third kappa shape index (κ3) is 2.80. The molecule has 2 aromatic rings. The maximum absolute atomic E-state index is 12.2. The first-order chi connectivity index (χ1) is 9.63. The number of halogens is 1. The fourth-order valence-electron chi connectivity index (χ4n) is 2.32. The quantitative estimate of drug-likeness (QED) is 0.866. The topological polar surface area (TPSA) is 41.1 Å². The SMILES string of the molecule is Cc1cc(C(=O)Nc2ccc3c(c2)CNCC3)sc1Br. The maximum Gasteiger partial charge on any atom is 0.265 e. The molecule has 0 atom stereocenters. The van der Waals surface area contributed by atoms with Crippen LogP contribution in [0.3, 0.4) is 0 Å². The minimum absolute atomic E-state index is 0.0486. The first-order valence-corrected chi connectivity index (χ1v) is 8.14. The average Bonchev–Trinajstić information content (AvgIpc) is 2.79. The number of amides is 1. The Balaban J connectivity index is 1.79. The van der Waals surface area contributed by atoms with E-state index in [0.29, 0.717) is 0 Å². The Labute approximate surface area is 130 Å². The number of benzene rings is 1. The fraction of sp³-hybridized carbons (Fsp3) is 0.267. The Morgan fingerprint density at radius 1 is 1.35 bits per heavy atom. The number of aryl methyl sites for hydroxylation is 1. The Hall–Kier alpha value is -1.17. The lowest BCUT2D eigenvalue weighted by Gasteiger charge is -2.18. The van der Waals surface area contributed by atoms with Gasteiger partial charge < -0.3 is 10.6 Å². The summed E-state index contributed by atoms with van der Waals surface area (Å²) in [6.07, 6.45) is 1.06. The zero-order valence-corrected chi connectivity index (χ0v) is 13.5. The summed E-state index contributed by atoms with van der Waals surface area (Å²) in [4.78, 5) is 12.9. The summed E-state index contributed by atoms with van der Waals surface area (Å²) in [6.45, 7) is 3.89. The van der Waals surface area contributed by atoms with Crippen LogP contribution in [0.1, 0.15) is 26.4 Å².